The Bertz CT molecular complexity index is 532. The molecule has 0 aliphatic heterocycles. The topological polar surface area (TPSA) is 72.2 Å². The van der Waals surface area contributed by atoms with E-state index in [4.69, 9.17) is 0 Å². The second-order valence-corrected chi connectivity index (χ2v) is 4.25. The number of hydrogen-bond donors (Lipinski definition) is 1. The van der Waals surface area contributed by atoms with E-state index >= 15 is 0 Å². The summed E-state index contributed by atoms with van der Waals surface area (Å²) in [4.78, 5) is 21.2. The van der Waals surface area contributed by atoms with Gasteiger partial charge in [-0.15, -0.1) is 0 Å². The molecule has 5 nitrogen and oxygen atoms in total. The number of amides is 1. The van der Waals surface area contributed by atoms with E-state index in [1.165, 1.54) is 0 Å². The van der Waals surface area contributed by atoms with Crippen LogP contribution in [0.5, 0.6) is 0 Å². The molecule has 0 aliphatic rings. The molecular formula is C12H12F4N2O3. The minimum atomic E-state index is -4.23. The van der Waals surface area contributed by atoms with Gasteiger partial charge in [0.15, 0.2) is 0 Å². The number of nitrogens with one attached hydrogen (secondary N) is 1. The number of nitrogens with zero attached hydrogens (tertiary/aromatic N) is 1. The molecule has 0 spiro atoms. The summed E-state index contributed by atoms with van der Waals surface area (Å²) >= 11 is 0. The van der Waals surface area contributed by atoms with E-state index in [0.717, 1.165) is 18.2 Å². The van der Waals surface area contributed by atoms with Crippen LogP contribution in [0.15, 0.2) is 18.2 Å². The number of benzene rings is 1. The SMILES string of the molecule is O=C(NCCCCC(F)(F)F)c1ccc(F)c([N+](=O)[O-])c1. The highest BCUT2D eigenvalue weighted by molar-refractivity contribution is 5.94. The van der Waals surface area contributed by atoms with E-state index in [1.807, 2.05) is 0 Å². The van der Waals surface area contributed by atoms with Crippen molar-refractivity contribution in [2.45, 2.75) is 25.4 Å². The molecule has 1 rings (SSSR count). The van der Waals surface area contributed by atoms with Crippen LogP contribution in [0, 0.1) is 15.9 Å². The predicted octanol–water partition coefficient (Wildman–Crippen LogP) is 3.20. The number of unbranched alkanes of at least 4 members (excludes halogenated alkanes) is 1. The van der Waals surface area contributed by atoms with Crippen LogP contribution < -0.4 is 5.32 Å². The summed E-state index contributed by atoms with van der Waals surface area (Å²) in [5, 5.41) is 12.8. The van der Waals surface area contributed by atoms with Gasteiger partial charge in [-0.05, 0) is 25.0 Å². The lowest BCUT2D eigenvalue weighted by Gasteiger charge is -2.07. The Morgan fingerprint density at radius 1 is 1.29 bits per heavy atom. The van der Waals surface area contributed by atoms with Crippen molar-refractivity contribution in [3.05, 3.63) is 39.7 Å². The summed E-state index contributed by atoms with van der Waals surface area (Å²) in [6.45, 7) is 0.0000867. The molecule has 1 amide bonds. The van der Waals surface area contributed by atoms with Gasteiger partial charge in [-0.1, -0.05) is 0 Å². The van der Waals surface area contributed by atoms with Crippen molar-refractivity contribution in [1.29, 1.82) is 0 Å². The molecule has 0 fully saturated rings. The highest BCUT2D eigenvalue weighted by atomic mass is 19.4. The van der Waals surface area contributed by atoms with Crippen molar-refractivity contribution in [2.75, 3.05) is 6.54 Å². The summed E-state index contributed by atoms with van der Waals surface area (Å²) in [5.41, 5.74) is -0.960. The van der Waals surface area contributed by atoms with Crippen LogP contribution in [-0.2, 0) is 0 Å². The monoisotopic (exact) mass is 308 g/mol. The molecule has 116 valence electrons. The van der Waals surface area contributed by atoms with Crippen molar-refractivity contribution in [3.63, 3.8) is 0 Å². The van der Waals surface area contributed by atoms with Gasteiger partial charge in [0.2, 0.25) is 5.82 Å². The number of hydrogen-bond acceptors (Lipinski definition) is 3. The number of nitro groups is 1. The molecule has 0 aliphatic carbocycles. The van der Waals surface area contributed by atoms with Crippen molar-refractivity contribution >= 4 is 11.6 Å². The van der Waals surface area contributed by atoms with Crippen LogP contribution in [0.25, 0.3) is 0 Å². The quantitative estimate of drug-likeness (QED) is 0.379. The highest BCUT2D eigenvalue weighted by Crippen LogP contribution is 2.22. The molecule has 9 heteroatoms. The Balaban J connectivity index is 2.49. The van der Waals surface area contributed by atoms with Crippen LogP contribution >= 0.6 is 0 Å². The van der Waals surface area contributed by atoms with Gasteiger partial charge in [-0.25, -0.2) is 0 Å². The number of rotatable bonds is 6. The van der Waals surface area contributed by atoms with Crippen molar-refractivity contribution < 1.29 is 27.3 Å². The molecule has 0 saturated heterocycles. The summed E-state index contributed by atoms with van der Waals surface area (Å²) in [5.74, 6) is -1.77. The van der Waals surface area contributed by atoms with Gasteiger partial charge in [0.25, 0.3) is 5.91 Å². The first kappa shape index (κ1) is 16.9. The molecule has 1 aromatic carbocycles. The number of halogens is 4. The first-order valence-electron chi connectivity index (χ1n) is 5.99. The van der Waals surface area contributed by atoms with Gasteiger partial charge in [0, 0.05) is 24.6 Å². The zero-order chi connectivity index (χ0) is 16.0. The maximum atomic E-state index is 13.1. The van der Waals surface area contributed by atoms with Crippen LogP contribution in [0.3, 0.4) is 0 Å². The Labute approximate surface area is 117 Å². The summed E-state index contributed by atoms with van der Waals surface area (Å²) < 4.78 is 48.7. The minimum Gasteiger partial charge on any atom is -0.352 e. The van der Waals surface area contributed by atoms with E-state index in [9.17, 15) is 32.5 Å². The summed E-state index contributed by atoms with van der Waals surface area (Å²) in [7, 11) is 0. The number of carbonyl (C=O) groups excluding carboxylic acids is 1. The van der Waals surface area contributed by atoms with Gasteiger partial charge in [0.05, 0.1) is 4.92 Å². The zero-order valence-electron chi connectivity index (χ0n) is 10.7. The highest BCUT2D eigenvalue weighted by Gasteiger charge is 2.25. The van der Waals surface area contributed by atoms with Crippen LogP contribution in [-0.4, -0.2) is 23.6 Å². The van der Waals surface area contributed by atoms with E-state index < -0.39 is 34.9 Å². The Hall–Kier alpha value is -2.19. The molecule has 0 unspecified atom stereocenters. The molecule has 1 N–H and O–H groups in total. The smallest absolute Gasteiger partial charge is 0.352 e. The van der Waals surface area contributed by atoms with Gasteiger partial charge in [-0.3, -0.25) is 14.9 Å². The van der Waals surface area contributed by atoms with E-state index in [-0.39, 0.29) is 24.9 Å². The first-order valence-corrected chi connectivity index (χ1v) is 5.99. The molecule has 1 aromatic rings. The third-order valence-electron chi connectivity index (χ3n) is 2.58. The third-order valence-corrected chi connectivity index (χ3v) is 2.58. The lowest BCUT2D eigenvalue weighted by Crippen LogP contribution is -2.24. The van der Waals surface area contributed by atoms with Crippen molar-refractivity contribution in [2.24, 2.45) is 0 Å². The number of carbonyl (C=O) groups is 1. The van der Waals surface area contributed by atoms with Crippen molar-refractivity contribution in [1.82, 2.24) is 5.32 Å². The maximum absolute atomic E-state index is 13.1. The van der Waals surface area contributed by atoms with Crippen LogP contribution in [0.4, 0.5) is 23.2 Å². The molecule has 0 saturated carbocycles. The average molecular weight is 308 g/mol. The van der Waals surface area contributed by atoms with Gasteiger partial charge in [-0.2, -0.15) is 17.6 Å². The van der Waals surface area contributed by atoms with E-state index in [2.05, 4.69) is 5.32 Å². The van der Waals surface area contributed by atoms with Crippen molar-refractivity contribution in [3.8, 4) is 0 Å². The van der Waals surface area contributed by atoms with E-state index in [1.54, 1.807) is 0 Å². The Morgan fingerprint density at radius 2 is 1.95 bits per heavy atom. The summed E-state index contributed by atoms with van der Waals surface area (Å²) in [6.07, 6.45) is -5.19. The lowest BCUT2D eigenvalue weighted by molar-refractivity contribution is -0.387. The Morgan fingerprint density at radius 3 is 2.52 bits per heavy atom. The predicted molar refractivity (Wildman–Crippen MR) is 65.3 cm³/mol. The fraction of sp³-hybridized carbons (Fsp3) is 0.417. The molecule has 0 bridgehead atoms. The normalized spacial score (nSPS) is 11.2. The van der Waals surface area contributed by atoms with Crippen LogP contribution in [0.2, 0.25) is 0 Å². The van der Waals surface area contributed by atoms with Crippen LogP contribution in [0.1, 0.15) is 29.6 Å². The second-order valence-electron chi connectivity index (χ2n) is 4.25. The standard InChI is InChI=1S/C12H12F4N2O3/c13-9-4-3-8(7-10(9)18(20)21)11(19)17-6-2-1-5-12(14,15)16/h3-4,7H,1-2,5-6H2,(H,17,19). The molecule has 0 atom stereocenters. The fourth-order valence-electron chi connectivity index (χ4n) is 1.55. The second kappa shape index (κ2) is 7.00. The van der Waals surface area contributed by atoms with Gasteiger partial charge < -0.3 is 5.32 Å². The van der Waals surface area contributed by atoms with E-state index in [0.29, 0.717) is 0 Å². The van der Waals surface area contributed by atoms with Gasteiger partial charge >= 0.3 is 11.9 Å². The molecule has 0 heterocycles. The molecular weight excluding hydrogens is 296 g/mol. The number of alkyl halides is 3. The fourth-order valence-corrected chi connectivity index (χ4v) is 1.55. The average Bonchev–Trinajstić information content (AvgIpc) is 2.36. The zero-order valence-corrected chi connectivity index (χ0v) is 10.7. The van der Waals surface area contributed by atoms with Gasteiger partial charge in [0.1, 0.15) is 0 Å². The summed E-state index contributed by atoms with van der Waals surface area (Å²) in [6, 6.07) is 2.63. The third kappa shape index (κ3) is 5.76. The lowest BCUT2D eigenvalue weighted by atomic mass is 10.1. The Kier molecular flexibility index (Phi) is 5.62. The number of nitro benzene ring substituents is 1. The first-order chi connectivity index (χ1) is 9.70. The molecule has 0 radical (unpaired) electrons. The molecule has 0 aromatic heterocycles. The minimum absolute atomic E-state index is 0.0000867. The molecule has 21 heavy (non-hydrogen) atoms. The maximum Gasteiger partial charge on any atom is 0.389 e. The largest absolute Gasteiger partial charge is 0.389 e.